The lowest BCUT2D eigenvalue weighted by Gasteiger charge is -2.25. The van der Waals surface area contributed by atoms with Gasteiger partial charge in [0.15, 0.2) is 0 Å². The lowest BCUT2D eigenvalue weighted by Crippen LogP contribution is -2.29. The minimum atomic E-state index is -0.00822. The molecule has 0 radical (unpaired) electrons. The van der Waals surface area contributed by atoms with E-state index in [1.165, 1.54) is 0 Å². The number of imidazole rings is 1. The van der Waals surface area contributed by atoms with Crippen LogP contribution in [-0.2, 0) is 6.54 Å². The Labute approximate surface area is 141 Å². The highest BCUT2D eigenvalue weighted by Gasteiger charge is 2.18. The molecule has 0 saturated heterocycles. The van der Waals surface area contributed by atoms with Crippen molar-refractivity contribution >= 4 is 5.91 Å². The van der Waals surface area contributed by atoms with Crippen LogP contribution in [0.1, 0.15) is 34.5 Å². The zero-order valence-corrected chi connectivity index (χ0v) is 13.8. The third-order valence-electron chi connectivity index (χ3n) is 4.22. The zero-order chi connectivity index (χ0) is 16.9. The van der Waals surface area contributed by atoms with Crippen molar-refractivity contribution in [1.82, 2.24) is 19.4 Å². The lowest BCUT2D eigenvalue weighted by molar-refractivity contribution is 0.0742. The van der Waals surface area contributed by atoms with Crippen LogP contribution in [-0.4, -0.2) is 32.4 Å². The van der Waals surface area contributed by atoms with E-state index in [1.807, 2.05) is 61.1 Å². The molecule has 1 atom stereocenters. The Bertz CT molecular complexity index is 782. The molecule has 3 aromatic rings. The smallest absolute Gasteiger partial charge is 0.254 e. The molecule has 0 spiro atoms. The number of hydrogen-bond acceptors (Lipinski definition) is 3. The Hall–Kier alpha value is -2.95. The predicted octanol–water partition coefficient (Wildman–Crippen LogP) is 3.16. The predicted molar refractivity (Wildman–Crippen MR) is 92.5 cm³/mol. The standard InChI is InChI=1S/C19H20N4O/c1-15(17-7-9-20-10-8-17)22(2)19(24)18-5-3-16(4-6-18)13-23-12-11-21-14-23/h3-12,14-15H,13H2,1-2H3. The van der Waals surface area contributed by atoms with E-state index in [1.54, 1.807) is 29.8 Å². The first-order valence-electron chi connectivity index (χ1n) is 7.87. The first-order chi connectivity index (χ1) is 11.6. The number of aromatic nitrogens is 3. The molecule has 122 valence electrons. The number of amides is 1. The van der Waals surface area contributed by atoms with Crippen LogP contribution < -0.4 is 0 Å². The average Bonchev–Trinajstić information content (AvgIpc) is 3.14. The van der Waals surface area contributed by atoms with Gasteiger partial charge in [0.2, 0.25) is 0 Å². The van der Waals surface area contributed by atoms with E-state index in [0.717, 1.165) is 17.7 Å². The maximum atomic E-state index is 12.7. The summed E-state index contributed by atoms with van der Waals surface area (Å²) in [5.74, 6) is 0.00786. The highest BCUT2D eigenvalue weighted by atomic mass is 16.2. The van der Waals surface area contributed by atoms with Crippen molar-refractivity contribution in [2.45, 2.75) is 19.5 Å². The highest BCUT2D eigenvalue weighted by Crippen LogP contribution is 2.20. The van der Waals surface area contributed by atoms with Crippen LogP contribution in [0.3, 0.4) is 0 Å². The van der Waals surface area contributed by atoms with Gasteiger partial charge in [0.25, 0.3) is 5.91 Å². The molecule has 2 aromatic heterocycles. The van der Waals surface area contributed by atoms with Crippen LogP contribution in [0, 0.1) is 0 Å². The summed E-state index contributed by atoms with van der Waals surface area (Å²) in [6, 6.07) is 11.6. The van der Waals surface area contributed by atoms with Gasteiger partial charge in [-0.3, -0.25) is 9.78 Å². The molecule has 0 bridgehead atoms. The molecular weight excluding hydrogens is 300 g/mol. The van der Waals surface area contributed by atoms with Crippen molar-refractivity contribution in [2.24, 2.45) is 0 Å². The number of rotatable bonds is 5. The highest BCUT2D eigenvalue weighted by molar-refractivity contribution is 5.94. The molecule has 3 rings (SSSR count). The molecular formula is C19H20N4O. The van der Waals surface area contributed by atoms with Gasteiger partial charge in [-0.05, 0) is 42.3 Å². The number of hydrogen-bond donors (Lipinski definition) is 0. The van der Waals surface area contributed by atoms with Gasteiger partial charge >= 0.3 is 0 Å². The molecule has 0 saturated carbocycles. The Morgan fingerprint density at radius 1 is 1.08 bits per heavy atom. The van der Waals surface area contributed by atoms with Gasteiger partial charge in [-0.25, -0.2) is 4.98 Å². The fourth-order valence-corrected chi connectivity index (χ4v) is 2.59. The topological polar surface area (TPSA) is 51.0 Å². The molecule has 5 heteroatoms. The minimum Gasteiger partial charge on any atom is -0.335 e. The van der Waals surface area contributed by atoms with Crippen molar-refractivity contribution < 1.29 is 4.79 Å². The number of nitrogens with zero attached hydrogens (tertiary/aromatic N) is 4. The molecule has 1 amide bonds. The van der Waals surface area contributed by atoms with E-state index < -0.39 is 0 Å². The Balaban J connectivity index is 1.70. The number of carbonyl (C=O) groups is 1. The quantitative estimate of drug-likeness (QED) is 0.725. The molecule has 0 fully saturated rings. The van der Waals surface area contributed by atoms with Gasteiger partial charge < -0.3 is 9.47 Å². The van der Waals surface area contributed by atoms with E-state index in [0.29, 0.717) is 5.56 Å². The third-order valence-corrected chi connectivity index (χ3v) is 4.22. The number of benzene rings is 1. The summed E-state index contributed by atoms with van der Waals surface area (Å²) in [5, 5.41) is 0. The largest absolute Gasteiger partial charge is 0.335 e. The molecule has 1 unspecified atom stereocenters. The van der Waals surface area contributed by atoms with Gasteiger partial charge in [0.1, 0.15) is 0 Å². The second-order valence-corrected chi connectivity index (χ2v) is 5.80. The van der Waals surface area contributed by atoms with Crippen LogP contribution in [0.25, 0.3) is 0 Å². The summed E-state index contributed by atoms with van der Waals surface area (Å²) in [7, 11) is 1.83. The summed E-state index contributed by atoms with van der Waals surface area (Å²) in [6.07, 6.45) is 8.95. The normalized spacial score (nSPS) is 11.9. The lowest BCUT2D eigenvalue weighted by atomic mass is 10.1. The maximum Gasteiger partial charge on any atom is 0.254 e. The first-order valence-corrected chi connectivity index (χ1v) is 7.87. The fraction of sp³-hybridized carbons (Fsp3) is 0.211. The number of pyridine rings is 1. The summed E-state index contributed by atoms with van der Waals surface area (Å²) in [4.78, 5) is 22.5. The van der Waals surface area contributed by atoms with Crippen LogP contribution in [0.2, 0.25) is 0 Å². The second kappa shape index (κ2) is 7.08. The molecule has 1 aromatic carbocycles. The van der Waals surface area contributed by atoms with Crippen molar-refractivity contribution in [3.63, 3.8) is 0 Å². The van der Waals surface area contributed by atoms with E-state index in [9.17, 15) is 4.79 Å². The van der Waals surface area contributed by atoms with Crippen molar-refractivity contribution in [2.75, 3.05) is 7.05 Å². The Morgan fingerprint density at radius 3 is 2.42 bits per heavy atom. The summed E-state index contributed by atoms with van der Waals surface area (Å²) < 4.78 is 1.99. The summed E-state index contributed by atoms with van der Waals surface area (Å²) in [6.45, 7) is 2.76. The summed E-state index contributed by atoms with van der Waals surface area (Å²) >= 11 is 0. The molecule has 0 aliphatic heterocycles. The average molecular weight is 320 g/mol. The number of carbonyl (C=O) groups excluding carboxylic acids is 1. The van der Waals surface area contributed by atoms with E-state index >= 15 is 0 Å². The van der Waals surface area contributed by atoms with Gasteiger partial charge in [0, 0.05) is 43.9 Å². The van der Waals surface area contributed by atoms with Crippen LogP contribution in [0.4, 0.5) is 0 Å². The molecule has 0 aliphatic rings. The molecule has 5 nitrogen and oxygen atoms in total. The monoisotopic (exact) mass is 320 g/mol. The van der Waals surface area contributed by atoms with E-state index in [2.05, 4.69) is 9.97 Å². The summed E-state index contributed by atoms with van der Waals surface area (Å²) in [5.41, 5.74) is 2.89. The van der Waals surface area contributed by atoms with E-state index in [-0.39, 0.29) is 11.9 Å². The van der Waals surface area contributed by atoms with Gasteiger partial charge in [0.05, 0.1) is 12.4 Å². The fourth-order valence-electron chi connectivity index (χ4n) is 2.59. The zero-order valence-electron chi connectivity index (χ0n) is 13.8. The molecule has 0 aliphatic carbocycles. The van der Waals surface area contributed by atoms with E-state index in [4.69, 9.17) is 0 Å². The van der Waals surface area contributed by atoms with Gasteiger partial charge in [-0.15, -0.1) is 0 Å². The third kappa shape index (κ3) is 3.51. The molecule has 2 heterocycles. The maximum absolute atomic E-state index is 12.7. The minimum absolute atomic E-state index is 0.00786. The molecule has 24 heavy (non-hydrogen) atoms. The Kier molecular flexibility index (Phi) is 4.70. The second-order valence-electron chi connectivity index (χ2n) is 5.80. The van der Waals surface area contributed by atoms with Crippen molar-refractivity contribution in [3.8, 4) is 0 Å². The van der Waals surface area contributed by atoms with Crippen molar-refractivity contribution in [1.29, 1.82) is 0 Å². The van der Waals surface area contributed by atoms with Gasteiger partial charge in [-0.1, -0.05) is 12.1 Å². The Morgan fingerprint density at radius 2 is 1.79 bits per heavy atom. The van der Waals surface area contributed by atoms with Crippen LogP contribution >= 0.6 is 0 Å². The van der Waals surface area contributed by atoms with Crippen LogP contribution in [0.15, 0.2) is 67.5 Å². The SMILES string of the molecule is CC(c1ccncc1)N(C)C(=O)c1ccc(Cn2ccnc2)cc1. The first kappa shape index (κ1) is 15.9. The van der Waals surface area contributed by atoms with Crippen molar-refractivity contribution in [3.05, 3.63) is 84.2 Å². The molecule has 0 N–H and O–H groups in total. The van der Waals surface area contributed by atoms with Gasteiger partial charge in [-0.2, -0.15) is 0 Å². The van der Waals surface area contributed by atoms with Crippen LogP contribution in [0.5, 0.6) is 0 Å².